The Bertz CT molecular complexity index is 910. The van der Waals surface area contributed by atoms with Gasteiger partial charge in [-0.15, -0.1) is 0 Å². The van der Waals surface area contributed by atoms with Crippen LogP contribution in [0.5, 0.6) is 0 Å². The van der Waals surface area contributed by atoms with Crippen molar-refractivity contribution >= 4 is 22.8 Å². The fraction of sp³-hybridized carbons (Fsp3) is 0.235. The van der Waals surface area contributed by atoms with E-state index in [9.17, 15) is 9.18 Å². The van der Waals surface area contributed by atoms with Gasteiger partial charge in [0.25, 0.3) is 0 Å². The molecule has 0 unspecified atom stereocenters. The molecule has 8 heteroatoms. The first-order chi connectivity index (χ1) is 12.1. The molecule has 2 aromatic heterocycles. The molecule has 0 bridgehead atoms. The van der Waals surface area contributed by atoms with Crippen LogP contribution in [-0.2, 0) is 17.9 Å². The standard InChI is InChI=1S/C17H17FN4O3/c1-10-13-5-11(18)3-4-14(13)25-15(10)7-19-17(23)22-16-6-12(8-24-2)20-9-21-16/h3-6,9H,7-8H2,1-2H3,(H2,19,20,21,22,23). The minimum absolute atomic E-state index is 0.171. The Balaban J connectivity index is 1.64. The lowest BCUT2D eigenvalue weighted by atomic mass is 10.1. The van der Waals surface area contributed by atoms with Gasteiger partial charge in [0.05, 0.1) is 18.8 Å². The summed E-state index contributed by atoms with van der Waals surface area (Å²) in [5.41, 5.74) is 2.03. The van der Waals surface area contributed by atoms with Crippen molar-refractivity contribution in [3.63, 3.8) is 0 Å². The SMILES string of the molecule is COCc1cc(NC(=O)NCc2oc3ccc(F)cc3c2C)ncn1. The summed E-state index contributed by atoms with van der Waals surface area (Å²) in [5.74, 6) is 0.603. The van der Waals surface area contributed by atoms with Crippen LogP contribution in [0.25, 0.3) is 11.0 Å². The number of amides is 2. The monoisotopic (exact) mass is 344 g/mol. The summed E-state index contributed by atoms with van der Waals surface area (Å²) in [6, 6.07) is 5.50. The number of carbonyl (C=O) groups excluding carboxylic acids is 1. The van der Waals surface area contributed by atoms with Gasteiger partial charge in [0, 0.05) is 24.1 Å². The molecule has 0 radical (unpaired) electrons. The number of anilines is 1. The predicted octanol–water partition coefficient (Wildman–Crippen LogP) is 3.14. The molecule has 7 nitrogen and oxygen atoms in total. The molecular weight excluding hydrogens is 327 g/mol. The van der Waals surface area contributed by atoms with Crippen molar-refractivity contribution in [2.45, 2.75) is 20.1 Å². The van der Waals surface area contributed by atoms with Gasteiger partial charge >= 0.3 is 6.03 Å². The first-order valence-corrected chi connectivity index (χ1v) is 7.59. The number of nitrogens with zero attached hydrogens (tertiary/aromatic N) is 2. The Hall–Kier alpha value is -3.00. The topological polar surface area (TPSA) is 89.3 Å². The highest BCUT2D eigenvalue weighted by atomic mass is 19.1. The van der Waals surface area contributed by atoms with Gasteiger partial charge < -0.3 is 14.5 Å². The second-order valence-electron chi connectivity index (χ2n) is 5.43. The summed E-state index contributed by atoms with van der Waals surface area (Å²) >= 11 is 0. The van der Waals surface area contributed by atoms with Gasteiger partial charge in [0.1, 0.15) is 29.3 Å². The maximum absolute atomic E-state index is 13.3. The van der Waals surface area contributed by atoms with Crippen molar-refractivity contribution in [1.29, 1.82) is 0 Å². The number of methoxy groups -OCH3 is 1. The number of hydrogen-bond acceptors (Lipinski definition) is 5. The van der Waals surface area contributed by atoms with Crippen LogP contribution in [0, 0.1) is 12.7 Å². The molecule has 25 heavy (non-hydrogen) atoms. The minimum atomic E-state index is -0.437. The van der Waals surface area contributed by atoms with Gasteiger partial charge in [-0.3, -0.25) is 5.32 Å². The number of ether oxygens (including phenoxy) is 1. The van der Waals surface area contributed by atoms with Gasteiger partial charge in [0.15, 0.2) is 0 Å². The molecule has 2 amide bonds. The number of hydrogen-bond donors (Lipinski definition) is 2. The summed E-state index contributed by atoms with van der Waals surface area (Å²) in [4.78, 5) is 20.0. The highest BCUT2D eigenvalue weighted by Gasteiger charge is 2.12. The van der Waals surface area contributed by atoms with Crippen molar-refractivity contribution in [2.75, 3.05) is 12.4 Å². The zero-order valence-corrected chi connectivity index (χ0v) is 13.8. The number of fused-ring (bicyclic) bond motifs is 1. The van der Waals surface area contributed by atoms with Crippen molar-refractivity contribution < 1.29 is 18.3 Å². The Morgan fingerprint density at radius 3 is 2.96 bits per heavy atom. The van der Waals surface area contributed by atoms with Crippen LogP contribution in [0.15, 0.2) is 35.0 Å². The largest absolute Gasteiger partial charge is 0.459 e. The van der Waals surface area contributed by atoms with Gasteiger partial charge in [-0.05, 0) is 25.1 Å². The van der Waals surface area contributed by atoms with E-state index in [4.69, 9.17) is 9.15 Å². The highest BCUT2D eigenvalue weighted by Crippen LogP contribution is 2.25. The Kier molecular flexibility index (Phi) is 4.90. The van der Waals surface area contributed by atoms with Crippen LogP contribution in [-0.4, -0.2) is 23.1 Å². The lowest BCUT2D eigenvalue weighted by molar-refractivity contribution is 0.181. The van der Waals surface area contributed by atoms with Crippen LogP contribution >= 0.6 is 0 Å². The molecule has 0 saturated carbocycles. The quantitative estimate of drug-likeness (QED) is 0.742. The predicted molar refractivity (Wildman–Crippen MR) is 89.5 cm³/mol. The average molecular weight is 344 g/mol. The molecule has 3 aromatic rings. The van der Waals surface area contributed by atoms with E-state index in [1.165, 1.54) is 18.5 Å². The number of rotatable bonds is 5. The maximum Gasteiger partial charge on any atom is 0.320 e. The smallest absolute Gasteiger partial charge is 0.320 e. The van der Waals surface area contributed by atoms with Crippen molar-refractivity contribution in [3.8, 4) is 0 Å². The molecular formula is C17H17FN4O3. The molecule has 0 aliphatic heterocycles. The van der Waals surface area contributed by atoms with Crippen LogP contribution in [0.1, 0.15) is 17.0 Å². The highest BCUT2D eigenvalue weighted by molar-refractivity contribution is 5.88. The molecule has 0 aliphatic carbocycles. The van der Waals surface area contributed by atoms with Crippen LogP contribution in [0.2, 0.25) is 0 Å². The molecule has 0 spiro atoms. The summed E-state index contributed by atoms with van der Waals surface area (Å²) < 4.78 is 24.0. The van der Waals surface area contributed by atoms with Crippen LogP contribution in [0.3, 0.4) is 0 Å². The molecule has 0 atom stereocenters. The van der Waals surface area contributed by atoms with Crippen molar-refractivity contribution in [2.24, 2.45) is 0 Å². The fourth-order valence-electron chi connectivity index (χ4n) is 2.43. The molecule has 130 valence electrons. The van der Waals surface area contributed by atoms with E-state index in [1.54, 1.807) is 19.2 Å². The third-order valence-corrected chi connectivity index (χ3v) is 3.66. The second kappa shape index (κ2) is 7.27. The molecule has 2 heterocycles. The second-order valence-corrected chi connectivity index (χ2v) is 5.43. The third-order valence-electron chi connectivity index (χ3n) is 3.66. The van der Waals surface area contributed by atoms with Gasteiger partial charge in [-0.25, -0.2) is 19.2 Å². The van der Waals surface area contributed by atoms with Crippen LogP contribution < -0.4 is 10.6 Å². The molecule has 1 aromatic carbocycles. The lowest BCUT2D eigenvalue weighted by Gasteiger charge is -2.07. The summed E-state index contributed by atoms with van der Waals surface area (Å²) in [7, 11) is 1.56. The Morgan fingerprint density at radius 1 is 1.32 bits per heavy atom. The minimum Gasteiger partial charge on any atom is -0.459 e. The molecule has 0 aliphatic rings. The number of carbonyl (C=O) groups is 1. The zero-order valence-electron chi connectivity index (χ0n) is 13.8. The number of aryl methyl sites for hydroxylation is 1. The van der Waals surface area contributed by atoms with E-state index >= 15 is 0 Å². The fourth-order valence-corrected chi connectivity index (χ4v) is 2.43. The van der Waals surface area contributed by atoms with Gasteiger partial charge in [-0.2, -0.15) is 0 Å². The summed E-state index contributed by atoms with van der Waals surface area (Å²) in [6.07, 6.45) is 1.35. The first-order valence-electron chi connectivity index (χ1n) is 7.59. The maximum atomic E-state index is 13.3. The first kappa shape index (κ1) is 16.8. The van der Waals surface area contributed by atoms with E-state index in [-0.39, 0.29) is 12.4 Å². The van der Waals surface area contributed by atoms with E-state index in [0.717, 1.165) is 5.56 Å². The summed E-state index contributed by atoms with van der Waals surface area (Å²) in [6.45, 7) is 2.32. The average Bonchev–Trinajstić information content (AvgIpc) is 2.89. The van der Waals surface area contributed by atoms with Gasteiger partial charge in [0.2, 0.25) is 0 Å². The molecule has 0 fully saturated rings. The van der Waals surface area contributed by atoms with E-state index in [1.807, 2.05) is 6.92 Å². The van der Waals surface area contributed by atoms with Crippen molar-refractivity contribution in [1.82, 2.24) is 15.3 Å². The van der Waals surface area contributed by atoms with Crippen LogP contribution in [0.4, 0.5) is 15.0 Å². The molecule has 3 rings (SSSR count). The number of urea groups is 1. The van der Waals surface area contributed by atoms with Crippen molar-refractivity contribution in [3.05, 3.63) is 53.4 Å². The Morgan fingerprint density at radius 2 is 2.16 bits per heavy atom. The number of aromatic nitrogens is 2. The zero-order chi connectivity index (χ0) is 17.8. The number of halogens is 1. The van der Waals surface area contributed by atoms with Gasteiger partial charge in [-0.1, -0.05) is 0 Å². The van der Waals surface area contributed by atoms with E-state index in [0.29, 0.717) is 34.8 Å². The molecule has 2 N–H and O–H groups in total. The third kappa shape index (κ3) is 3.92. The number of furan rings is 1. The summed E-state index contributed by atoms with van der Waals surface area (Å²) in [5, 5.41) is 5.99. The number of benzene rings is 1. The molecule has 0 saturated heterocycles. The number of nitrogens with one attached hydrogen (secondary N) is 2. The Labute approximate surface area is 143 Å². The normalized spacial score (nSPS) is 10.8. The van der Waals surface area contributed by atoms with E-state index in [2.05, 4.69) is 20.6 Å². The van der Waals surface area contributed by atoms with E-state index < -0.39 is 6.03 Å². The lowest BCUT2D eigenvalue weighted by Crippen LogP contribution is -2.28.